The summed E-state index contributed by atoms with van der Waals surface area (Å²) in [5.41, 5.74) is -2.96. The minimum atomic E-state index is -4.94. The van der Waals surface area contributed by atoms with Crippen LogP contribution in [0.3, 0.4) is 0 Å². The van der Waals surface area contributed by atoms with Crippen molar-refractivity contribution in [2.24, 2.45) is 0 Å². The molecule has 0 aliphatic carbocycles. The van der Waals surface area contributed by atoms with E-state index in [0.29, 0.717) is 12.1 Å². The lowest BCUT2D eigenvalue weighted by Crippen LogP contribution is -2.55. The summed E-state index contributed by atoms with van der Waals surface area (Å²) in [4.78, 5) is 1.45. The third kappa shape index (κ3) is 4.54. The van der Waals surface area contributed by atoms with Gasteiger partial charge in [-0.05, 0) is 35.9 Å². The monoisotopic (exact) mass is 410 g/mol. The van der Waals surface area contributed by atoms with Gasteiger partial charge >= 0.3 is 12.4 Å². The maximum atomic E-state index is 13.0. The predicted octanol–water partition coefficient (Wildman–Crippen LogP) is 5.61. The Hall–Kier alpha value is -2.36. The summed E-state index contributed by atoms with van der Waals surface area (Å²) >= 11 is 0. The van der Waals surface area contributed by atoms with Crippen molar-refractivity contribution in [3.63, 3.8) is 0 Å². The third-order valence-electron chi connectivity index (χ3n) is 4.20. The van der Waals surface area contributed by atoms with Gasteiger partial charge in [0.05, 0.1) is 29.9 Å². The summed E-state index contributed by atoms with van der Waals surface area (Å²) in [6, 6.07) is 4.19. The van der Waals surface area contributed by atoms with Crippen molar-refractivity contribution in [1.82, 2.24) is 9.47 Å². The van der Waals surface area contributed by atoms with Crippen LogP contribution in [0.25, 0.3) is 17.5 Å². The van der Waals surface area contributed by atoms with Crippen molar-refractivity contribution in [3.8, 4) is 11.3 Å². The number of benzene rings is 1. The van der Waals surface area contributed by atoms with Crippen molar-refractivity contribution in [2.45, 2.75) is 18.3 Å². The fourth-order valence-electron chi connectivity index (χ4n) is 2.92. The zero-order valence-corrected chi connectivity index (χ0v) is 14.2. The molecule has 2 aromatic rings. The van der Waals surface area contributed by atoms with Crippen LogP contribution >= 0.6 is 0 Å². The number of likely N-dealkylation sites (tertiary alicyclic amines) is 1. The average Bonchev–Trinajstić information content (AvgIpc) is 2.99. The van der Waals surface area contributed by atoms with Crippen LogP contribution in [0.15, 0.2) is 42.6 Å². The Morgan fingerprint density at radius 3 is 2.00 bits per heavy atom. The summed E-state index contributed by atoms with van der Waals surface area (Å²) in [6.45, 7) is -0.597. The summed E-state index contributed by atoms with van der Waals surface area (Å²) in [6.07, 6.45) is -5.50. The lowest BCUT2D eigenvalue weighted by atomic mass is 10.0. The zero-order chi connectivity index (χ0) is 20.7. The fraction of sp³-hybridized carbons (Fsp3) is 0.333. The Morgan fingerprint density at radius 1 is 0.929 bits per heavy atom. The topological polar surface area (TPSA) is 8.17 Å². The van der Waals surface area contributed by atoms with Crippen LogP contribution < -0.4 is 0 Å². The molecule has 1 aromatic heterocycles. The van der Waals surface area contributed by atoms with Gasteiger partial charge in [0.1, 0.15) is 0 Å². The summed E-state index contributed by atoms with van der Waals surface area (Å²) in [7, 11) is 0. The molecule has 0 unspecified atom stereocenters. The summed E-state index contributed by atoms with van der Waals surface area (Å²) in [5.74, 6) is -2.72. The van der Waals surface area contributed by atoms with Gasteiger partial charge < -0.3 is 4.57 Å². The van der Waals surface area contributed by atoms with Crippen LogP contribution in [0, 0.1) is 0 Å². The maximum Gasteiger partial charge on any atom is 0.416 e. The van der Waals surface area contributed by atoms with Gasteiger partial charge in [0, 0.05) is 18.9 Å². The first-order valence-electron chi connectivity index (χ1n) is 8.09. The van der Waals surface area contributed by atoms with E-state index in [0.717, 1.165) is 0 Å². The molecule has 0 saturated carbocycles. The van der Waals surface area contributed by atoms with Crippen molar-refractivity contribution >= 4 is 6.20 Å². The molecule has 0 N–H and O–H groups in total. The molecule has 0 spiro atoms. The van der Waals surface area contributed by atoms with E-state index < -0.39 is 42.5 Å². The van der Waals surface area contributed by atoms with Gasteiger partial charge in [-0.2, -0.15) is 26.3 Å². The standard InChI is InChI=1S/C18H14F8N2/c19-16(20)10-27(11-16)4-2-6-28-5-1-3-15(28)12-7-13(17(21,22)23)9-14(8-12)18(24,25)26/h1-3,5-9H,4,10-11H2. The second kappa shape index (κ2) is 6.91. The van der Waals surface area contributed by atoms with E-state index in [9.17, 15) is 35.1 Å². The first-order chi connectivity index (χ1) is 12.9. The SMILES string of the molecule is FC1(F)CN(CC=Cn2cccc2-c2cc(C(F)(F)F)cc(C(F)(F)F)c2)C1. The molecule has 0 amide bonds. The molecule has 1 aromatic carbocycles. The molecular formula is C18H14F8N2. The fourth-order valence-corrected chi connectivity index (χ4v) is 2.92. The highest BCUT2D eigenvalue weighted by molar-refractivity contribution is 5.65. The summed E-state index contributed by atoms with van der Waals surface area (Å²) in [5, 5.41) is 0. The van der Waals surface area contributed by atoms with Crippen LogP contribution in [0.5, 0.6) is 0 Å². The number of hydrogen-bond acceptors (Lipinski definition) is 1. The zero-order valence-electron chi connectivity index (χ0n) is 14.2. The molecular weight excluding hydrogens is 396 g/mol. The molecule has 1 fully saturated rings. The van der Waals surface area contributed by atoms with Gasteiger partial charge in [-0.1, -0.05) is 6.08 Å². The van der Waals surface area contributed by atoms with Crippen LogP contribution in [0.4, 0.5) is 35.1 Å². The molecule has 2 heterocycles. The molecule has 0 radical (unpaired) electrons. The van der Waals surface area contributed by atoms with Crippen LogP contribution in [-0.2, 0) is 12.4 Å². The average molecular weight is 410 g/mol. The minimum Gasteiger partial charge on any atom is -0.324 e. The minimum absolute atomic E-state index is 0.0661. The van der Waals surface area contributed by atoms with Gasteiger partial charge in [-0.25, -0.2) is 8.78 Å². The molecule has 0 bridgehead atoms. The lowest BCUT2D eigenvalue weighted by molar-refractivity contribution is -0.143. The quantitative estimate of drug-likeness (QED) is 0.595. The predicted molar refractivity (Wildman–Crippen MR) is 86.6 cm³/mol. The molecule has 28 heavy (non-hydrogen) atoms. The molecule has 1 aliphatic rings. The van der Waals surface area contributed by atoms with Gasteiger partial charge in [0.2, 0.25) is 0 Å². The highest BCUT2D eigenvalue weighted by Crippen LogP contribution is 2.38. The molecule has 3 rings (SSSR count). The van der Waals surface area contributed by atoms with Gasteiger partial charge in [-0.3, -0.25) is 4.90 Å². The Balaban J connectivity index is 1.89. The molecule has 2 nitrogen and oxygen atoms in total. The number of hydrogen-bond donors (Lipinski definition) is 0. The second-order valence-corrected chi connectivity index (χ2v) is 6.51. The third-order valence-corrected chi connectivity index (χ3v) is 4.20. The van der Waals surface area contributed by atoms with Crippen molar-refractivity contribution in [2.75, 3.05) is 19.6 Å². The summed E-state index contributed by atoms with van der Waals surface area (Å²) < 4.78 is 105. The lowest BCUT2D eigenvalue weighted by Gasteiger charge is -2.37. The smallest absolute Gasteiger partial charge is 0.324 e. The van der Waals surface area contributed by atoms with Crippen LogP contribution in [-0.4, -0.2) is 35.0 Å². The number of nitrogens with zero attached hydrogens (tertiary/aromatic N) is 2. The number of alkyl halides is 8. The number of rotatable bonds is 4. The maximum absolute atomic E-state index is 13.0. The van der Waals surface area contributed by atoms with E-state index >= 15 is 0 Å². The van der Waals surface area contributed by atoms with Crippen molar-refractivity contribution < 1.29 is 35.1 Å². The Labute approximate surface area is 154 Å². The first-order valence-corrected chi connectivity index (χ1v) is 8.09. The Morgan fingerprint density at radius 2 is 1.50 bits per heavy atom. The molecule has 152 valence electrons. The van der Waals surface area contributed by atoms with Gasteiger partial charge in [0.25, 0.3) is 5.92 Å². The van der Waals surface area contributed by atoms with Crippen LogP contribution in [0.1, 0.15) is 11.1 Å². The number of halogens is 8. The van der Waals surface area contributed by atoms with Gasteiger partial charge in [0.15, 0.2) is 0 Å². The molecule has 1 aliphatic heterocycles. The number of aromatic nitrogens is 1. The molecule has 0 atom stereocenters. The largest absolute Gasteiger partial charge is 0.416 e. The molecule has 1 saturated heterocycles. The highest BCUT2D eigenvalue weighted by Gasteiger charge is 2.43. The van der Waals surface area contributed by atoms with E-state index in [1.807, 2.05) is 0 Å². The van der Waals surface area contributed by atoms with E-state index in [1.54, 1.807) is 0 Å². The second-order valence-electron chi connectivity index (χ2n) is 6.51. The van der Waals surface area contributed by atoms with E-state index in [1.165, 1.54) is 40.1 Å². The van der Waals surface area contributed by atoms with Crippen LogP contribution in [0.2, 0.25) is 0 Å². The van der Waals surface area contributed by atoms with Crippen molar-refractivity contribution in [3.05, 3.63) is 53.7 Å². The van der Waals surface area contributed by atoms with E-state index in [2.05, 4.69) is 0 Å². The first kappa shape index (κ1) is 20.4. The van der Waals surface area contributed by atoms with E-state index in [4.69, 9.17) is 0 Å². The Kier molecular flexibility index (Phi) is 5.03. The normalized spacial score (nSPS) is 17.9. The molecule has 10 heteroatoms. The van der Waals surface area contributed by atoms with Crippen molar-refractivity contribution in [1.29, 1.82) is 0 Å². The Bertz CT molecular complexity index is 836. The van der Waals surface area contributed by atoms with E-state index in [-0.39, 0.29) is 23.9 Å². The highest BCUT2D eigenvalue weighted by atomic mass is 19.4. The van der Waals surface area contributed by atoms with Gasteiger partial charge in [-0.15, -0.1) is 0 Å².